The Morgan fingerprint density at radius 1 is 1.00 bits per heavy atom. The van der Waals surface area contributed by atoms with Crippen LogP contribution in [0.15, 0.2) is 54.9 Å². The van der Waals surface area contributed by atoms with Crippen LogP contribution < -0.4 is 0 Å². The fourth-order valence-electron chi connectivity index (χ4n) is 4.58. The minimum atomic E-state index is -0.148. The maximum Gasteiger partial charge on any atom is 0.271 e. The van der Waals surface area contributed by atoms with E-state index in [1.165, 1.54) is 11.1 Å². The van der Waals surface area contributed by atoms with Crippen molar-refractivity contribution < 1.29 is 9.59 Å². The number of aromatic nitrogens is 3. The summed E-state index contributed by atoms with van der Waals surface area (Å²) in [5, 5.41) is 7.14. The molecule has 31 heavy (non-hydrogen) atoms. The summed E-state index contributed by atoms with van der Waals surface area (Å²) in [5.74, 6) is -0.0889. The van der Waals surface area contributed by atoms with E-state index in [9.17, 15) is 9.59 Å². The molecule has 1 atom stereocenters. The van der Waals surface area contributed by atoms with Gasteiger partial charge in [0.15, 0.2) is 0 Å². The van der Waals surface area contributed by atoms with Crippen LogP contribution in [0.4, 0.5) is 0 Å². The number of hydrogen-bond acceptors (Lipinski definition) is 4. The Balaban J connectivity index is 1.26. The molecule has 1 unspecified atom stereocenters. The molecule has 0 bridgehead atoms. The number of benzene rings is 1. The third kappa shape index (κ3) is 3.95. The van der Waals surface area contributed by atoms with Crippen molar-refractivity contribution in [3.63, 3.8) is 0 Å². The Kier molecular flexibility index (Phi) is 5.24. The summed E-state index contributed by atoms with van der Waals surface area (Å²) in [4.78, 5) is 34.0. The van der Waals surface area contributed by atoms with Gasteiger partial charge < -0.3 is 9.80 Å². The van der Waals surface area contributed by atoms with Gasteiger partial charge in [-0.05, 0) is 48.6 Å². The summed E-state index contributed by atoms with van der Waals surface area (Å²) in [6.45, 7) is 2.53. The lowest BCUT2D eigenvalue weighted by Crippen LogP contribution is -2.47. The number of amides is 2. The highest BCUT2D eigenvalue weighted by Gasteiger charge is 2.33. The number of nitrogens with zero attached hydrogens (tertiary/aromatic N) is 4. The maximum absolute atomic E-state index is 13.2. The molecule has 4 heterocycles. The Bertz CT molecular complexity index is 1090. The standard InChI is InChI=1S/C24H25N5O2/c30-23(29-13-9-17-4-1-2-5-19(17)15-29)20-6-3-12-28(16-20)24(31)22-14-21(26-27-22)18-7-10-25-11-8-18/h1-2,4-5,7-8,10-11,14,20H,3,6,9,12-13,15-16H2,(H,26,27). The highest BCUT2D eigenvalue weighted by molar-refractivity contribution is 5.94. The Morgan fingerprint density at radius 2 is 1.81 bits per heavy atom. The maximum atomic E-state index is 13.2. The van der Waals surface area contributed by atoms with Crippen LogP contribution in [0.3, 0.4) is 0 Å². The first-order chi connectivity index (χ1) is 15.2. The largest absolute Gasteiger partial charge is 0.338 e. The van der Waals surface area contributed by atoms with Gasteiger partial charge in [0.05, 0.1) is 11.6 Å². The highest BCUT2D eigenvalue weighted by Crippen LogP contribution is 2.25. The van der Waals surface area contributed by atoms with Gasteiger partial charge in [-0.2, -0.15) is 5.10 Å². The lowest BCUT2D eigenvalue weighted by atomic mass is 9.93. The number of H-pyrrole nitrogens is 1. The summed E-state index contributed by atoms with van der Waals surface area (Å²) < 4.78 is 0. The Morgan fingerprint density at radius 3 is 2.65 bits per heavy atom. The normalized spacial score (nSPS) is 18.5. The van der Waals surface area contributed by atoms with Crippen molar-refractivity contribution in [1.29, 1.82) is 0 Å². The van der Waals surface area contributed by atoms with Crippen LogP contribution in [0.5, 0.6) is 0 Å². The zero-order chi connectivity index (χ0) is 21.2. The predicted molar refractivity (Wildman–Crippen MR) is 116 cm³/mol. The topological polar surface area (TPSA) is 82.2 Å². The highest BCUT2D eigenvalue weighted by atomic mass is 16.2. The SMILES string of the molecule is O=C(c1cc(-c2ccncc2)n[nH]1)N1CCCC(C(=O)N2CCc3ccccc3C2)C1. The zero-order valence-corrected chi connectivity index (χ0v) is 17.3. The first-order valence-corrected chi connectivity index (χ1v) is 10.8. The zero-order valence-electron chi connectivity index (χ0n) is 17.3. The van der Waals surface area contributed by atoms with Crippen LogP contribution in [-0.4, -0.2) is 56.4 Å². The fourth-order valence-corrected chi connectivity index (χ4v) is 4.58. The molecule has 5 rings (SSSR count). The van der Waals surface area contributed by atoms with Crippen molar-refractivity contribution in [2.75, 3.05) is 19.6 Å². The average molecular weight is 415 g/mol. The lowest BCUT2D eigenvalue weighted by Gasteiger charge is -2.36. The molecule has 0 aliphatic carbocycles. The number of carbonyl (C=O) groups is 2. The van der Waals surface area contributed by atoms with Crippen molar-refractivity contribution in [1.82, 2.24) is 25.0 Å². The van der Waals surface area contributed by atoms with Crippen molar-refractivity contribution in [3.05, 3.63) is 71.7 Å². The second kappa shape index (κ2) is 8.34. The molecule has 0 saturated carbocycles. The summed E-state index contributed by atoms with van der Waals surface area (Å²) in [6.07, 6.45) is 5.95. The second-order valence-electron chi connectivity index (χ2n) is 8.27. The van der Waals surface area contributed by atoms with Crippen LogP contribution in [0.25, 0.3) is 11.3 Å². The molecular formula is C24H25N5O2. The molecule has 2 aliphatic heterocycles. The van der Waals surface area contributed by atoms with E-state index in [0.29, 0.717) is 31.0 Å². The summed E-state index contributed by atoms with van der Waals surface area (Å²) >= 11 is 0. The number of carbonyl (C=O) groups excluding carboxylic acids is 2. The number of piperidine rings is 1. The van der Waals surface area contributed by atoms with E-state index in [-0.39, 0.29) is 17.7 Å². The third-order valence-corrected chi connectivity index (χ3v) is 6.28. The van der Waals surface area contributed by atoms with E-state index in [2.05, 4.69) is 33.4 Å². The van der Waals surface area contributed by atoms with Gasteiger partial charge in [-0.25, -0.2) is 0 Å². The molecule has 2 aliphatic rings. The lowest BCUT2D eigenvalue weighted by molar-refractivity contribution is -0.137. The summed E-state index contributed by atoms with van der Waals surface area (Å²) in [7, 11) is 0. The molecule has 3 aromatic rings. The molecule has 2 aromatic heterocycles. The molecule has 1 fully saturated rings. The van der Waals surface area contributed by atoms with E-state index in [1.54, 1.807) is 23.4 Å². The van der Waals surface area contributed by atoms with E-state index in [1.807, 2.05) is 23.1 Å². The molecule has 1 aromatic carbocycles. The number of fused-ring (bicyclic) bond motifs is 1. The van der Waals surface area contributed by atoms with Crippen molar-refractivity contribution in [2.45, 2.75) is 25.8 Å². The van der Waals surface area contributed by atoms with Gasteiger partial charge in [0, 0.05) is 44.1 Å². The first kappa shape index (κ1) is 19.5. The fraction of sp³-hybridized carbons (Fsp3) is 0.333. The molecule has 1 saturated heterocycles. The summed E-state index contributed by atoms with van der Waals surface area (Å²) in [5.41, 5.74) is 4.62. The van der Waals surface area contributed by atoms with E-state index in [4.69, 9.17) is 0 Å². The first-order valence-electron chi connectivity index (χ1n) is 10.8. The molecule has 1 N–H and O–H groups in total. The number of aromatic amines is 1. The van der Waals surface area contributed by atoms with Crippen LogP contribution in [-0.2, 0) is 17.8 Å². The number of rotatable bonds is 3. The molecular weight excluding hydrogens is 390 g/mol. The molecule has 0 spiro atoms. The van der Waals surface area contributed by atoms with Gasteiger partial charge in [-0.1, -0.05) is 24.3 Å². The third-order valence-electron chi connectivity index (χ3n) is 6.28. The monoisotopic (exact) mass is 415 g/mol. The smallest absolute Gasteiger partial charge is 0.271 e. The number of likely N-dealkylation sites (tertiary alicyclic amines) is 1. The Hall–Kier alpha value is -3.48. The van der Waals surface area contributed by atoms with Crippen molar-refractivity contribution in [3.8, 4) is 11.3 Å². The number of hydrogen-bond donors (Lipinski definition) is 1. The summed E-state index contributed by atoms with van der Waals surface area (Å²) in [6, 6.07) is 13.8. The van der Waals surface area contributed by atoms with E-state index < -0.39 is 0 Å². The Labute approximate surface area is 181 Å². The van der Waals surface area contributed by atoms with Crippen LogP contribution >= 0.6 is 0 Å². The van der Waals surface area contributed by atoms with Crippen LogP contribution in [0.1, 0.15) is 34.5 Å². The number of pyridine rings is 1. The minimum absolute atomic E-state index is 0.103. The van der Waals surface area contributed by atoms with Gasteiger partial charge in [0.25, 0.3) is 5.91 Å². The average Bonchev–Trinajstić information content (AvgIpc) is 3.34. The van der Waals surface area contributed by atoms with E-state index in [0.717, 1.165) is 31.4 Å². The molecule has 7 heteroatoms. The van der Waals surface area contributed by atoms with Crippen molar-refractivity contribution >= 4 is 11.8 Å². The molecule has 7 nitrogen and oxygen atoms in total. The van der Waals surface area contributed by atoms with Gasteiger partial charge in [-0.3, -0.25) is 19.7 Å². The predicted octanol–water partition coefficient (Wildman–Crippen LogP) is 2.91. The van der Waals surface area contributed by atoms with Gasteiger partial charge in [0.2, 0.25) is 5.91 Å². The van der Waals surface area contributed by atoms with E-state index >= 15 is 0 Å². The van der Waals surface area contributed by atoms with Gasteiger partial charge >= 0.3 is 0 Å². The minimum Gasteiger partial charge on any atom is -0.338 e. The quantitative estimate of drug-likeness (QED) is 0.713. The van der Waals surface area contributed by atoms with Crippen molar-refractivity contribution in [2.24, 2.45) is 5.92 Å². The molecule has 0 radical (unpaired) electrons. The van der Waals surface area contributed by atoms with Crippen LogP contribution in [0, 0.1) is 5.92 Å². The number of nitrogens with one attached hydrogen (secondary N) is 1. The molecule has 2 amide bonds. The van der Waals surface area contributed by atoms with Gasteiger partial charge in [-0.15, -0.1) is 0 Å². The van der Waals surface area contributed by atoms with Crippen LogP contribution in [0.2, 0.25) is 0 Å². The van der Waals surface area contributed by atoms with Gasteiger partial charge in [0.1, 0.15) is 5.69 Å². The molecule has 158 valence electrons. The second-order valence-corrected chi connectivity index (χ2v) is 8.27.